The van der Waals surface area contributed by atoms with Gasteiger partial charge in [0.2, 0.25) is 5.91 Å². The van der Waals surface area contributed by atoms with Crippen molar-refractivity contribution in [3.63, 3.8) is 0 Å². The molecule has 1 fully saturated rings. The molecule has 41 heavy (non-hydrogen) atoms. The summed E-state index contributed by atoms with van der Waals surface area (Å²) >= 11 is 0. The monoisotopic (exact) mass is 579 g/mol. The minimum Gasteiger partial charge on any atom is -0.481 e. The summed E-state index contributed by atoms with van der Waals surface area (Å²) < 4.78 is 0. The van der Waals surface area contributed by atoms with Crippen molar-refractivity contribution in [2.75, 3.05) is 6.54 Å². The summed E-state index contributed by atoms with van der Waals surface area (Å²) in [6.07, 6.45) is 20.8. The molecule has 236 valence electrons. The Morgan fingerprint density at radius 1 is 0.659 bits per heavy atom. The maximum Gasteiger partial charge on any atom is 0.306 e. The predicted octanol–water partition coefficient (Wildman–Crippen LogP) is 7.26. The van der Waals surface area contributed by atoms with Gasteiger partial charge < -0.3 is 20.3 Å². The fraction of sp³-hybridized carbons (Fsp3) is 0.848. The maximum absolute atomic E-state index is 12.6. The second kappa shape index (κ2) is 23.3. The van der Waals surface area contributed by atoms with Gasteiger partial charge in [-0.1, -0.05) is 77.0 Å². The van der Waals surface area contributed by atoms with Crippen LogP contribution in [0.15, 0.2) is 0 Å². The summed E-state index contributed by atoms with van der Waals surface area (Å²) in [5.74, 6) is -2.14. The number of carboxylic acids is 2. The summed E-state index contributed by atoms with van der Waals surface area (Å²) in [6.45, 7) is 2.09. The average Bonchev–Trinajstić information content (AvgIpc) is 2.93. The molecule has 0 saturated heterocycles. The summed E-state index contributed by atoms with van der Waals surface area (Å²) in [6, 6.07) is 0. The molecule has 0 radical (unpaired) electrons. The third-order valence-corrected chi connectivity index (χ3v) is 8.58. The van der Waals surface area contributed by atoms with Crippen molar-refractivity contribution < 1.29 is 34.2 Å². The van der Waals surface area contributed by atoms with Crippen LogP contribution in [-0.4, -0.2) is 46.2 Å². The van der Waals surface area contributed by atoms with Crippen molar-refractivity contribution in [3.05, 3.63) is 0 Å². The molecule has 1 saturated carbocycles. The van der Waals surface area contributed by atoms with Gasteiger partial charge in [-0.2, -0.15) is 0 Å². The first-order valence-corrected chi connectivity index (χ1v) is 16.4. The molecule has 0 heterocycles. The van der Waals surface area contributed by atoms with Gasteiger partial charge in [-0.25, -0.2) is 0 Å². The molecule has 0 spiro atoms. The molecular weight excluding hydrogens is 522 g/mol. The molecule has 0 aromatic carbocycles. The smallest absolute Gasteiger partial charge is 0.306 e. The number of carbonyl (C=O) groups excluding carboxylic acids is 3. The van der Waals surface area contributed by atoms with Crippen molar-refractivity contribution in [1.82, 2.24) is 5.32 Å². The zero-order chi connectivity index (χ0) is 30.3. The van der Waals surface area contributed by atoms with E-state index in [4.69, 9.17) is 5.11 Å². The van der Waals surface area contributed by atoms with Crippen LogP contribution in [0, 0.1) is 17.8 Å². The minimum absolute atomic E-state index is 0.00161. The lowest BCUT2D eigenvalue weighted by Crippen LogP contribution is -2.33. The van der Waals surface area contributed by atoms with Crippen LogP contribution in [0.1, 0.15) is 155 Å². The fourth-order valence-corrected chi connectivity index (χ4v) is 5.82. The molecule has 0 aliphatic heterocycles. The molecule has 1 aliphatic carbocycles. The highest BCUT2D eigenvalue weighted by Gasteiger charge is 2.30. The Morgan fingerprint density at radius 3 is 1.56 bits per heavy atom. The normalized spacial score (nSPS) is 17.6. The van der Waals surface area contributed by atoms with Gasteiger partial charge in [-0.15, -0.1) is 0 Å². The number of unbranched alkanes of at least 4 members (excludes halogenated alkanes) is 13. The summed E-state index contributed by atoms with van der Waals surface area (Å²) in [7, 11) is 0. The first-order valence-electron chi connectivity index (χ1n) is 16.4. The van der Waals surface area contributed by atoms with Crippen LogP contribution >= 0.6 is 0 Å². The Morgan fingerprint density at radius 2 is 1.12 bits per heavy atom. The van der Waals surface area contributed by atoms with Crippen LogP contribution in [0.3, 0.4) is 0 Å². The van der Waals surface area contributed by atoms with Crippen molar-refractivity contribution in [1.29, 1.82) is 0 Å². The van der Waals surface area contributed by atoms with E-state index in [1.807, 2.05) is 0 Å². The van der Waals surface area contributed by atoms with Crippen molar-refractivity contribution in [3.8, 4) is 0 Å². The van der Waals surface area contributed by atoms with E-state index in [1.54, 1.807) is 0 Å². The largest absolute Gasteiger partial charge is 0.481 e. The Balaban J connectivity index is 1.96. The standard InChI is InChI=1S/C33H57NO7/c1-26(35)18-21-29(33(40)41)24-30(36)28-22-19-27(20-23-28)25-34-31(37)16-14-12-10-8-6-4-2-3-5-7-9-11-13-15-17-32(38)39/h27-29H,2-25H2,1H3,(H,34,37)(H,38,39)(H,40,41)/t27?,28?,29-/m1/s1. The number of rotatable bonds is 26. The van der Waals surface area contributed by atoms with Gasteiger partial charge in [0, 0.05) is 38.1 Å². The summed E-state index contributed by atoms with van der Waals surface area (Å²) in [5, 5.41) is 21.1. The van der Waals surface area contributed by atoms with E-state index in [0.29, 0.717) is 25.3 Å². The number of hydrogen-bond donors (Lipinski definition) is 3. The first kappa shape index (κ1) is 36.8. The molecule has 1 amide bonds. The van der Waals surface area contributed by atoms with Crippen molar-refractivity contribution >= 4 is 29.4 Å². The van der Waals surface area contributed by atoms with E-state index in [1.165, 1.54) is 64.7 Å². The summed E-state index contributed by atoms with van der Waals surface area (Å²) in [4.78, 5) is 58.0. The van der Waals surface area contributed by atoms with Crippen molar-refractivity contribution in [2.24, 2.45) is 17.8 Å². The predicted molar refractivity (Wildman–Crippen MR) is 161 cm³/mol. The number of aliphatic carboxylic acids is 2. The molecule has 1 rings (SSSR count). The van der Waals surface area contributed by atoms with E-state index in [0.717, 1.165) is 57.8 Å². The lowest BCUT2D eigenvalue weighted by molar-refractivity contribution is -0.144. The number of Topliss-reactive ketones (excluding diaryl/α,β-unsaturated/α-hetero) is 2. The lowest BCUT2D eigenvalue weighted by atomic mass is 9.78. The van der Waals surface area contributed by atoms with Gasteiger partial charge in [0.1, 0.15) is 11.6 Å². The third-order valence-electron chi connectivity index (χ3n) is 8.58. The molecular formula is C33H57NO7. The van der Waals surface area contributed by atoms with Gasteiger partial charge >= 0.3 is 11.9 Å². The molecule has 8 nitrogen and oxygen atoms in total. The highest BCUT2D eigenvalue weighted by Crippen LogP contribution is 2.31. The first-order chi connectivity index (χ1) is 19.7. The van der Waals surface area contributed by atoms with E-state index < -0.39 is 17.9 Å². The van der Waals surface area contributed by atoms with Crippen LogP contribution < -0.4 is 5.32 Å². The Bertz CT molecular complexity index is 774. The second-order valence-electron chi connectivity index (χ2n) is 12.3. The van der Waals surface area contributed by atoms with E-state index >= 15 is 0 Å². The molecule has 0 aromatic rings. The van der Waals surface area contributed by atoms with Gasteiger partial charge in [-0.05, 0) is 57.8 Å². The SMILES string of the molecule is CC(=O)CC[C@H](CC(=O)C1CCC(CNC(=O)CCCCCCCCCCCCCCCCC(=O)O)CC1)C(=O)O. The quantitative estimate of drug-likeness (QED) is 0.0916. The molecule has 1 aliphatic rings. The molecule has 0 unspecified atom stereocenters. The minimum atomic E-state index is -1.00. The number of carboxylic acid groups (broad SMARTS) is 2. The number of amides is 1. The molecule has 1 atom stereocenters. The fourth-order valence-electron chi connectivity index (χ4n) is 5.82. The van der Waals surface area contributed by atoms with Gasteiger partial charge in [0.25, 0.3) is 0 Å². The van der Waals surface area contributed by atoms with Crippen LogP contribution in [0.4, 0.5) is 0 Å². The number of ketones is 2. The van der Waals surface area contributed by atoms with Gasteiger partial charge in [-0.3, -0.25) is 19.2 Å². The third kappa shape index (κ3) is 20.3. The highest BCUT2D eigenvalue weighted by atomic mass is 16.4. The molecule has 0 aromatic heterocycles. The van der Waals surface area contributed by atoms with Crippen LogP contribution in [-0.2, 0) is 24.0 Å². The second-order valence-corrected chi connectivity index (χ2v) is 12.3. The van der Waals surface area contributed by atoms with E-state index in [2.05, 4.69) is 5.32 Å². The number of nitrogens with one attached hydrogen (secondary N) is 1. The van der Waals surface area contributed by atoms with Crippen LogP contribution in [0.2, 0.25) is 0 Å². The van der Waals surface area contributed by atoms with Gasteiger partial charge in [0.05, 0.1) is 5.92 Å². The van der Waals surface area contributed by atoms with Crippen LogP contribution in [0.5, 0.6) is 0 Å². The van der Waals surface area contributed by atoms with Gasteiger partial charge in [0.15, 0.2) is 0 Å². The number of hydrogen-bond acceptors (Lipinski definition) is 5. The maximum atomic E-state index is 12.6. The topological polar surface area (TPSA) is 138 Å². The zero-order valence-electron chi connectivity index (χ0n) is 25.6. The van der Waals surface area contributed by atoms with Crippen molar-refractivity contribution in [2.45, 2.75) is 155 Å². The molecule has 3 N–H and O–H groups in total. The molecule has 8 heteroatoms. The van der Waals surface area contributed by atoms with E-state index in [-0.39, 0.29) is 42.7 Å². The Hall–Kier alpha value is -2.25. The summed E-state index contributed by atoms with van der Waals surface area (Å²) in [5.41, 5.74) is 0. The number of carbonyl (C=O) groups is 5. The lowest BCUT2D eigenvalue weighted by Gasteiger charge is -2.28. The Kier molecular flexibility index (Phi) is 20.9. The zero-order valence-corrected chi connectivity index (χ0v) is 25.6. The van der Waals surface area contributed by atoms with Crippen LogP contribution in [0.25, 0.3) is 0 Å². The van der Waals surface area contributed by atoms with E-state index in [9.17, 15) is 29.1 Å². The average molecular weight is 580 g/mol. The Labute approximate surface area is 247 Å². The highest BCUT2D eigenvalue weighted by molar-refractivity contribution is 5.86. The molecule has 0 bridgehead atoms.